The van der Waals surface area contributed by atoms with Crippen molar-refractivity contribution < 1.29 is 10.0 Å². The summed E-state index contributed by atoms with van der Waals surface area (Å²) in [5, 5.41) is 10.9. The molecule has 0 heterocycles. The standard InChI is InChI=1S/C8H11NO2/c1-7(6-9-11)4-3-5-8(2)10/h3-6,11H,1-2H3/b5-3+,7-4+,9-6+. The third-order valence-corrected chi connectivity index (χ3v) is 0.951. The van der Waals surface area contributed by atoms with Gasteiger partial charge in [-0.15, -0.1) is 0 Å². The van der Waals surface area contributed by atoms with Gasteiger partial charge in [-0.05, 0) is 25.5 Å². The van der Waals surface area contributed by atoms with Crippen LogP contribution in [0.5, 0.6) is 0 Å². The molecule has 0 bridgehead atoms. The van der Waals surface area contributed by atoms with Gasteiger partial charge in [0.25, 0.3) is 0 Å². The Kier molecular flexibility index (Phi) is 4.73. The molecule has 3 heteroatoms. The first kappa shape index (κ1) is 9.62. The lowest BCUT2D eigenvalue weighted by atomic mass is 10.3. The molecule has 0 aliphatic heterocycles. The molecule has 0 aliphatic carbocycles. The van der Waals surface area contributed by atoms with E-state index in [1.165, 1.54) is 19.2 Å². The first-order chi connectivity index (χ1) is 5.16. The topological polar surface area (TPSA) is 49.7 Å². The number of hydrogen-bond acceptors (Lipinski definition) is 3. The summed E-state index contributed by atoms with van der Waals surface area (Å²) in [4.78, 5) is 10.4. The minimum atomic E-state index is -0.00464. The Hall–Kier alpha value is -1.38. The molecule has 0 atom stereocenters. The van der Waals surface area contributed by atoms with Crippen molar-refractivity contribution in [1.82, 2.24) is 0 Å². The third kappa shape index (κ3) is 6.51. The molecule has 0 amide bonds. The van der Waals surface area contributed by atoms with Crippen LogP contribution in [0.1, 0.15) is 13.8 Å². The van der Waals surface area contributed by atoms with Crippen molar-refractivity contribution in [1.29, 1.82) is 0 Å². The fourth-order valence-corrected chi connectivity index (χ4v) is 0.470. The maximum Gasteiger partial charge on any atom is 0.152 e. The maximum atomic E-state index is 10.4. The number of carbonyl (C=O) groups excluding carboxylic acids is 1. The van der Waals surface area contributed by atoms with E-state index in [0.29, 0.717) is 0 Å². The summed E-state index contributed by atoms with van der Waals surface area (Å²) in [5.41, 5.74) is 0.782. The van der Waals surface area contributed by atoms with Gasteiger partial charge in [0.05, 0.1) is 6.21 Å². The Morgan fingerprint density at radius 1 is 1.45 bits per heavy atom. The summed E-state index contributed by atoms with van der Waals surface area (Å²) in [6.45, 7) is 3.24. The summed E-state index contributed by atoms with van der Waals surface area (Å²) in [7, 11) is 0. The highest BCUT2D eigenvalue weighted by Gasteiger charge is 1.80. The Labute approximate surface area is 65.7 Å². The van der Waals surface area contributed by atoms with E-state index in [0.717, 1.165) is 5.57 Å². The molecule has 1 N–H and O–H groups in total. The van der Waals surface area contributed by atoms with Gasteiger partial charge in [-0.2, -0.15) is 0 Å². The van der Waals surface area contributed by atoms with E-state index < -0.39 is 0 Å². The first-order valence-electron chi connectivity index (χ1n) is 3.20. The number of rotatable bonds is 3. The number of nitrogens with zero attached hydrogens (tertiary/aromatic N) is 1. The molecule has 0 unspecified atom stereocenters. The van der Waals surface area contributed by atoms with E-state index in [1.54, 1.807) is 19.1 Å². The Balaban J connectivity index is 4.01. The number of hydrogen-bond donors (Lipinski definition) is 1. The predicted molar refractivity (Wildman–Crippen MR) is 43.9 cm³/mol. The largest absolute Gasteiger partial charge is 0.411 e. The van der Waals surface area contributed by atoms with Crippen molar-refractivity contribution in [2.75, 3.05) is 0 Å². The second-order valence-corrected chi connectivity index (χ2v) is 2.13. The van der Waals surface area contributed by atoms with Gasteiger partial charge in [0, 0.05) is 0 Å². The molecule has 0 radical (unpaired) electrons. The SMILES string of the molecule is CC(=O)/C=C/C=C(C)/C=N/O. The van der Waals surface area contributed by atoms with Gasteiger partial charge in [0.1, 0.15) is 0 Å². The molecule has 0 fully saturated rings. The minimum absolute atomic E-state index is 0.00464. The average molecular weight is 153 g/mol. The molecule has 3 nitrogen and oxygen atoms in total. The van der Waals surface area contributed by atoms with E-state index in [4.69, 9.17) is 5.21 Å². The fourth-order valence-electron chi connectivity index (χ4n) is 0.470. The highest BCUT2D eigenvalue weighted by molar-refractivity contribution is 5.87. The van der Waals surface area contributed by atoms with Crippen LogP contribution in [0.4, 0.5) is 0 Å². The lowest BCUT2D eigenvalue weighted by Gasteiger charge is -1.83. The normalized spacial score (nSPS) is 13.1. The van der Waals surface area contributed by atoms with Crippen molar-refractivity contribution in [2.45, 2.75) is 13.8 Å². The summed E-state index contributed by atoms with van der Waals surface area (Å²) in [6.07, 6.45) is 6.03. The highest BCUT2D eigenvalue weighted by Crippen LogP contribution is 1.88. The van der Waals surface area contributed by atoms with Gasteiger partial charge in [-0.1, -0.05) is 17.3 Å². The fraction of sp³-hybridized carbons (Fsp3) is 0.250. The number of oxime groups is 1. The van der Waals surface area contributed by atoms with Gasteiger partial charge in [0.2, 0.25) is 0 Å². The van der Waals surface area contributed by atoms with Crippen molar-refractivity contribution >= 4 is 12.0 Å². The molecule has 0 aliphatic rings. The predicted octanol–water partition coefficient (Wildman–Crippen LogP) is 1.54. The van der Waals surface area contributed by atoms with Crippen LogP contribution in [0.3, 0.4) is 0 Å². The lowest BCUT2D eigenvalue weighted by Crippen LogP contribution is -1.79. The number of allylic oxidation sites excluding steroid dienone is 4. The second kappa shape index (κ2) is 5.41. The molecule has 60 valence electrons. The maximum absolute atomic E-state index is 10.4. The zero-order chi connectivity index (χ0) is 8.69. The molecule has 0 rings (SSSR count). The smallest absolute Gasteiger partial charge is 0.152 e. The van der Waals surface area contributed by atoms with Gasteiger partial charge in [0.15, 0.2) is 5.78 Å². The first-order valence-corrected chi connectivity index (χ1v) is 3.20. The van der Waals surface area contributed by atoms with Crippen molar-refractivity contribution in [3.05, 3.63) is 23.8 Å². The van der Waals surface area contributed by atoms with E-state index in [1.807, 2.05) is 0 Å². The van der Waals surface area contributed by atoms with Crippen LogP contribution in [-0.2, 0) is 4.79 Å². The van der Waals surface area contributed by atoms with Crippen LogP contribution >= 0.6 is 0 Å². The molecule has 11 heavy (non-hydrogen) atoms. The van der Waals surface area contributed by atoms with Crippen molar-refractivity contribution in [3.8, 4) is 0 Å². The van der Waals surface area contributed by atoms with Gasteiger partial charge in [-0.25, -0.2) is 0 Å². The number of carbonyl (C=O) groups is 1. The summed E-state index contributed by atoms with van der Waals surface area (Å²) >= 11 is 0. The minimum Gasteiger partial charge on any atom is -0.411 e. The van der Waals surface area contributed by atoms with Crippen LogP contribution in [0.25, 0.3) is 0 Å². The van der Waals surface area contributed by atoms with Crippen molar-refractivity contribution in [3.63, 3.8) is 0 Å². The summed E-state index contributed by atoms with van der Waals surface area (Å²) in [6, 6.07) is 0. The van der Waals surface area contributed by atoms with Gasteiger partial charge >= 0.3 is 0 Å². The van der Waals surface area contributed by atoms with Crippen LogP contribution in [0, 0.1) is 0 Å². The van der Waals surface area contributed by atoms with Gasteiger partial charge < -0.3 is 5.21 Å². The molecule has 0 aromatic heterocycles. The van der Waals surface area contributed by atoms with E-state index in [2.05, 4.69) is 5.16 Å². The molecule has 0 aromatic rings. The molecular weight excluding hydrogens is 142 g/mol. The molecule has 0 aromatic carbocycles. The van der Waals surface area contributed by atoms with E-state index in [9.17, 15) is 4.79 Å². The van der Waals surface area contributed by atoms with E-state index >= 15 is 0 Å². The number of ketones is 1. The Morgan fingerprint density at radius 2 is 2.09 bits per heavy atom. The summed E-state index contributed by atoms with van der Waals surface area (Å²) < 4.78 is 0. The second-order valence-electron chi connectivity index (χ2n) is 2.13. The van der Waals surface area contributed by atoms with Crippen LogP contribution in [-0.4, -0.2) is 17.2 Å². The third-order valence-electron chi connectivity index (χ3n) is 0.951. The van der Waals surface area contributed by atoms with Crippen LogP contribution < -0.4 is 0 Å². The Morgan fingerprint density at radius 3 is 2.55 bits per heavy atom. The monoisotopic (exact) mass is 153 g/mol. The quantitative estimate of drug-likeness (QED) is 0.220. The Bertz CT molecular complexity index is 214. The van der Waals surface area contributed by atoms with Crippen LogP contribution in [0.15, 0.2) is 29.0 Å². The zero-order valence-corrected chi connectivity index (χ0v) is 6.61. The van der Waals surface area contributed by atoms with E-state index in [-0.39, 0.29) is 5.78 Å². The molecule has 0 spiro atoms. The lowest BCUT2D eigenvalue weighted by molar-refractivity contribution is -0.112. The average Bonchev–Trinajstić information content (AvgIpc) is 1.87. The molecule has 0 saturated carbocycles. The zero-order valence-electron chi connectivity index (χ0n) is 6.61. The highest BCUT2D eigenvalue weighted by atomic mass is 16.4. The summed E-state index contributed by atoms with van der Waals surface area (Å²) in [5.74, 6) is -0.00464. The molecular formula is C8H11NO2. The molecule has 0 saturated heterocycles. The van der Waals surface area contributed by atoms with Gasteiger partial charge in [-0.3, -0.25) is 4.79 Å². The van der Waals surface area contributed by atoms with Crippen molar-refractivity contribution in [2.24, 2.45) is 5.16 Å². The van der Waals surface area contributed by atoms with Crippen LogP contribution in [0.2, 0.25) is 0 Å².